The lowest BCUT2D eigenvalue weighted by Gasteiger charge is -2.39. The number of alkyl halides is 3. The lowest BCUT2D eigenvalue weighted by Crippen LogP contribution is -2.54. The van der Waals surface area contributed by atoms with Crippen molar-refractivity contribution in [2.75, 3.05) is 24.5 Å². The van der Waals surface area contributed by atoms with Gasteiger partial charge in [-0.1, -0.05) is 6.07 Å². The van der Waals surface area contributed by atoms with Crippen LogP contribution in [0.15, 0.2) is 42.6 Å². The Hall–Kier alpha value is -3.14. The van der Waals surface area contributed by atoms with E-state index < -0.39 is 23.5 Å². The van der Waals surface area contributed by atoms with Crippen molar-refractivity contribution in [1.82, 2.24) is 20.3 Å². The fraction of sp³-hybridized carbons (Fsp3) is 0.350. The van der Waals surface area contributed by atoms with Crippen molar-refractivity contribution in [1.29, 1.82) is 0 Å². The minimum absolute atomic E-state index is 0.0178. The average molecular weight is 419 g/mol. The number of pyridine rings is 1. The Morgan fingerprint density at radius 2 is 2.13 bits per heavy atom. The lowest BCUT2D eigenvalue weighted by atomic mass is 9.92. The number of aromatic amines is 1. The molecule has 3 N–H and O–H groups in total. The number of benzene rings is 1. The summed E-state index contributed by atoms with van der Waals surface area (Å²) in [7, 11) is 0. The van der Waals surface area contributed by atoms with Gasteiger partial charge in [0.1, 0.15) is 5.82 Å². The van der Waals surface area contributed by atoms with Gasteiger partial charge in [-0.2, -0.15) is 13.2 Å². The molecule has 1 aromatic carbocycles. The first-order valence-electron chi connectivity index (χ1n) is 9.47. The summed E-state index contributed by atoms with van der Waals surface area (Å²) in [6.07, 6.45) is -1.65. The monoisotopic (exact) mass is 419 g/mol. The van der Waals surface area contributed by atoms with Gasteiger partial charge in [0.2, 0.25) is 5.82 Å². The van der Waals surface area contributed by atoms with Gasteiger partial charge in [0, 0.05) is 31.4 Å². The number of halogens is 3. The molecule has 0 unspecified atom stereocenters. The second kappa shape index (κ2) is 7.60. The number of nitrogens with one attached hydrogen (secondary N) is 2. The molecule has 0 bridgehead atoms. The molecule has 30 heavy (non-hydrogen) atoms. The highest BCUT2D eigenvalue weighted by Crippen LogP contribution is 2.29. The molecule has 158 valence electrons. The van der Waals surface area contributed by atoms with E-state index >= 15 is 0 Å². The molecule has 3 heterocycles. The van der Waals surface area contributed by atoms with Gasteiger partial charge in [-0.05, 0) is 43.2 Å². The molecule has 3 aromatic rings. The van der Waals surface area contributed by atoms with Crippen molar-refractivity contribution >= 4 is 22.8 Å². The van der Waals surface area contributed by atoms with E-state index in [0.717, 1.165) is 18.8 Å². The van der Waals surface area contributed by atoms with E-state index in [2.05, 4.69) is 20.3 Å². The quantitative estimate of drug-likeness (QED) is 0.605. The Kier molecular flexibility index (Phi) is 5.10. The average Bonchev–Trinajstić information content (AvgIpc) is 3.17. The predicted molar refractivity (Wildman–Crippen MR) is 104 cm³/mol. The molecule has 1 aliphatic rings. The number of carbonyl (C=O) groups is 1. The van der Waals surface area contributed by atoms with E-state index in [-0.39, 0.29) is 23.1 Å². The summed E-state index contributed by atoms with van der Waals surface area (Å²) in [4.78, 5) is 24.5. The maximum Gasteiger partial charge on any atom is 0.449 e. The molecule has 0 aliphatic carbocycles. The summed E-state index contributed by atoms with van der Waals surface area (Å²) in [5, 5.41) is 13.6. The number of anilines is 1. The molecule has 7 nitrogen and oxygen atoms in total. The molecule has 1 fully saturated rings. The van der Waals surface area contributed by atoms with Gasteiger partial charge in [-0.25, -0.2) is 9.97 Å². The maximum absolute atomic E-state index is 12.8. The van der Waals surface area contributed by atoms with Crippen LogP contribution in [0.1, 0.15) is 29.0 Å². The number of rotatable bonds is 4. The van der Waals surface area contributed by atoms with Crippen molar-refractivity contribution < 1.29 is 23.1 Å². The van der Waals surface area contributed by atoms with Crippen LogP contribution in [0.5, 0.6) is 0 Å². The number of fused-ring (bicyclic) bond motifs is 1. The standard InChI is InChI=1S/C20H20F3N5O2/c21-20(22,23)18-26-14-6-5-13(10-15(14)27-18)17(29)25-11-19(30)7-3-9-28(12-19)16-4-1-2-8-24-16/h1-2,4-6,8,10,30H,3,7,9,11-12H2,(H,25,29)(H,26,27)/t19-/m1/s1. The van der Waals surface area contributed by atoms with Gasteiger partial charge in [0.25, 0.3) is 5.91 Å². The number of H-pyrrole nitrogens is 1. The number of hydrogen-bond donors (Lipinski definition) is 3. The van der Waals surface area contributed by atoms with Crippen LogP contribution in [0.3, 0.4) is 0 Å². The minimum Gasteiger partial charge on any atom is -0.386 e. The number of aliphatic hydroxyl groups is 1. The zero-order chi connectivity index (χ0) is 21.4. The van der Waals surface area contributed by atoms with Crippen molar-refractivity contribution in [3.8, 4) is 0 Å². The number of amides is 1. The van der Waals surface area contributed by atoms with Gasteiger partial charge in [-0.15, -0.1) is 0 Å². The van der Waals surface area contributed by atoms with Crippen LogP contribution in [-0.4, -0.2) is 51.2 Å². The Bertz CT molecular complexity index is 1050. The summed E-state index contributed by atoms with van der Waals surface area (Å²) in [6.45, 7) is 1.09. The summed E-state index contributed by atoms with van der Waals surface area (Å²) < 4.78 is 38.4. The first kappa shape index (κ1) is 20.1. The van der Waals surface area contributed by atoms with Crippen molar-refractivity contribution in [2.45, 2.75) is 24.6 Å². The molecule has 0 saturated carbocycles. The Morgan fingerprint density at radius 1 is 1.30 bits per heavy atom. The maximum atomic E-state index is 12.8. The molecule has 1 atom stereocenters. The van der Waals surface area contributed by atoms with Gasteiger partial charge < -0.3 is 20.3 Å². The predicted octanol–water partition coefficient (Wildman–Crippen LogP) is 2.74. The van der Waals surface area contributed by atoms with Gasteiger partial charge in [0.05, 0.1) is 16.6 Å². The largest absolute Gasteiger partial charge is 0.449 e. The minimum atomic E-state index is -4.59. The van der Waals surface area contributed by atoms with Crippen LogP contribution in [0.25, 0.3) is 11.0 Å². The smallest absolute Gasteiger partial charge is 0.386 e. The number of hydrogen-bond acceptors (Lipinski definition) is 5. The van der Waals surface area contributed by atoms with Gasteiger partial charge in [0.15, 0.2) is 0 Å². The fourth-order valence-electron chi connectivity index (χ4n) is 3.62. The Balaban J connectivity index is 1.43. The molecular weight excluding hydrogens is 399 g/mol. The van der Waals surface area contributed by atoms with E-state index in [4.69, 9.17) is 0 Å². The first-order valence-corrected chi connectivity index (χ1v) is 9.47. The van der Waals surface area contributed by atoms with Gasteiger partial charge in [-0.3, -0.25) is 4.79 Å². The third-order valence-corrected chi connectivity index (χ3v) is 5.12. The molecule has 4 rings (SSSR count). The van der Waals surface area contributed by atoms with Crippen LogP contribution in [0.4, 0.5) is 19.0 Å². The molecule has 1 saturated heterocycles. The molecule has 0 spiro atoms. The zero-order valence-electron chi connectivity index (χ0n) is 15.9. The van der Waals surface area contributed by atoms with Crippen LogP contribution < -0.4 is 10.2 Å². The molecule has 1 aliphatic heterocycles. The zero-order valence-corrected chi connectivity index (χ0v) is 15.9. The van der Waals surface area contributed by atoms with E-state index in [1.807, 2.05) is 23.1 Å². The van der Waals surface area contributed by atoms with E-state index in [1.165, 1.54) is 18.2 Å². The van der Waals surface area contributed by atoms with Crippen molar-refractivity contribution in [3.05, 3.63) is 54.0 Å². The molecule has 10 heteroatoms. The number of β-amino-alcohol motifs (C(OH)–C–C–N with tert-alkyl or cyclic N) is 1. The normalized spacial score (nSPS) is 19.8. The molecule has 2 aromatic heterocycles. The lowest BCUT2D eigenvalue weighted by molar-refractivity contribution is -0.144. The van der Waals surface area contributed by atoms with E-state index in [9.17, 15) is 23.1 Å². The fourth-order valence-corrected chi connectivity index (χ4v) is 3.62. The van der Waals surface area contributed by atoms with Crippen LogP contribution in [-0.2, 0) is 6.18 Å². The highest BCUT2D eigenvalue weighted by atomic mass is 19.4. The SMILES string of the molecule is O=C(NC[C@]1(O)CCCN(c2ccccn2)C1)c1ccc2nc(C(F)(F)F)[nH]c2c1. The van der Waals surface area contributed by atoms with E-state index in [1.54, 1.807) is 6.20 Å². The molecule has 0 radical (unpaired) electrons. The number of aromatic nitrogens is 3. The number of piperidine rings is 1. The van der Waals surface area contributed by atoms with Crippen LogP contribution >= 0.6 is 0 Å². The third-order valence-electron chi connectivity index (χ3n) is 5.12. The number of nitrogens with zero attached hydrogens (tertiary/aromatic N) is 3. The van der Waals surface area contributed by atoms with Crippen LogP contribution in [0, 0.1) is 0 Å². The van der Waals surface area contributed by atoms with Crippen LogP contribution in [0.2, 0.25) is 0 Å². The van der Waals surface area contributed by atoms with Gasteiger partial charge >= 0.3 is 6.18 Å². The third kappa shape index (κ3) is 4.23. The second-order valence-corrected chi connectivity index (χ2v) is 7.44. The summed E-state index contributed by atoms with van der Waals surface area (Å²) in [6, 6.07) is 9.62. The Morgan fingerprint density at radius 3 is 2.87 bits per heavy atom. The Labute approximate surface area is 169 Å². The highest BCUT2D eigenvalue weighted by Gasteiger charge is 2.35. The second-order valence-electron chi connectivity index (χ2n) is 7.44. The summed E-state index contributed by atoms with van der Waals surface area (Å²) in [5.74, 6) is -0.836. The number of imidazole rings is 1. The molecule has 1 amide bonds. The topological polar surface area (TPSA) is 94.1 Å². The van der Waals surface area contributed by atoms with Crippen molar-refractivity contribution in [2.24, 2.45) is 0 Å². The highest BCUT2D eigenvalue weighted by molar-refractivity contribution is 5.97. The summed E-state index contributed by atoms with van der Waals surface area (Å²) in [5.41, 5.74) is -0.711. The number of carbonyl (C=O) groups excluding carboxylic acids is 1. The molecular formula is C20H20F3N5O2. The summed E-state index contributed by atoms with van der Waals surface area (Å²) >= 11 is 0. The van der Waals surface area contributed by atoms with Crippen molar-refractivity contribution in [3.63, 3.8) is 0 Å². The first-order chi connectivity index (χ1) is 14.2. The van der Waals surface area contributed by atoms with E-state index in [0.29, 0.717) is 13.0 Å².